The Morgan fingerprint density at radius 2 is 1.23 bits per heavy atom. The standard InChI is InChI=1S/C17H32O5/c1-3-5-14-20-16(18)12-10-8-7-9-11-13-17(19)22-21-15-6-4-2/h3-15H2,1-2H3. The van der Waals surface area contributed by atoms with Crippen LogP contribution in [0.2, 0.25) is 0 Å². The molecule has 0 aliphatic carbocycles. The first-order valence-electron chi connectivity index (χ1n) is 8.68. The molecular weight excluding hydrogens is 284 g/mol. The summed E-state index contributed by atoms with van der Waals surface area (Å²) in [4.78, 5) is 32.1. The minimum Gasteiger partial charge on any atom is -0.466 e. The lowest BCUT2D eigenvalue weighted by Crippen LogP contribution is -2.06. The van der Waals surface area contributed by atoms with Gasteiger partial charge in [-0.2, -0.15) is 4.89 Å². The number of carbonyl (C=O) groups excluding carboxylic acids is 2. The summed E-state index contributed by atoms with van der Waals surface area (Å²) < 4.78 is 5.08. The minimum absolute atomic E-state index is 0.0961. The Morgan fingerprint density at radius 1 is 0.682 bits per heavy atom. The van der Waals surface area contributed by atoms with Crippen molar-refractivity contribution in [1.82, 2.24) is 0 Å². The molecule has 0 spiro atoms. The van der Waals surface area contributed by atoms with Gasteiger partial charge < -0.3 is 4.74 Å². The fourth-order valence-electron chi connectivity index (χ4n) is 1.82. The summed E-state index contributed by atoms with van der Waals surface area (Å²) in [7, 11) is 0. The second-order valence-electron chi connectivity index (χ2n) is 5.47. The molecule has 0 saturated heterocycles. The maximum absolute atomic E-state index is 11.3. The molecule has 0 aromatic rings. The predicted octanol–water partition coefficient (Wildman–Crippen LogP) is 4.34. The highest BCUT2D eigenvalue weighted by molar-refractivity contribution is 5.69. The smallest absolute Gasteiger partial charge is 0.342 e. The van der Waals surface area contributed by atoms with Crippen molar-refractivity contribution in [2.75, 3.05) is 13.2 Å². The second-order valence-corrected chi connectivity index (χ2v) is 5.47. The van der Waals surface area contributed by atoms with Crippen molar-refractivity contribution in [2.45, 2.75) is 84.5 Å². The number of hydrogen-bond donors (Lipinski definition) is 0. The second kappa shape index (κ2) is 16.3. The van der Waals surface area contributed by atoms with E-state index in [9.17, 15) is 9.59 Å². The Balaban J connectivity index is 3.25. The van der Waals surface area contributed by atoms with Crippen LogP contribution in [0.25, 0.3) is 0 Å². The maximum Gasteiger partial charge on any atom is 0.342 e. The molecule has 0 heterocycles. The monoisotopic (exact) mass is 316 g/mol. The van der Waals surface area contributed by atoms with E-state index in [-0.39, 0.29) is 11.9 Å². The summed E-state index contributed by atoms with van der Waals surface area (Å²) in [6.07, 6.45) is 9.42. The first-order chi connectivity index (χ1) is 10.7. The van der Waals surface area contributed by atoms with Crippen molar-refractivity contribution >= 4 is 11.9 Å². The maximum atomic E-state index is 11.3. The van der Waals surface area contributed by atoms with Gasteiger partial charge in [-0.1, -0.05) is 46.0 Å². The molecule has 0 unspecified atom stereocenters. The molecule has 0 atom stereocenters. The highest BCUT2D eigenvalue weighted by Gasteiger charge is 2.05. The van der Waals surface area contributed by atoms with Gasteiger partial charge in [-0.05, 0) is 25.7 Å². The van der Waals surface area contributed by atoms with Gasteiger partial charge in [-0.3, -0.25) is 9.68 Å². The zero-order valence-electron chi connectivity index (χ0n) is 14.2. The summed E-state index contributed by atoms with van der Waals surface area (Å²) in [5, 5.41) is 0. The first-order valence-corrected chi connectivity index (χ1v) is 8.68. The van der Waals surface area contributed by atoms with Crippen LogP contribution in [0.3, 0.4) is 0 Å². The number of rotatable bonds is 15. The molecule has 0 N–H and O–H groups in total. The van der Waals surface area contributed by atoms with E-state index in [4.69, 9.17) is 9.62 Å². The molecule has 0 aliphatic rings. The van der Waals surface area contributed by atoms with Gasteiger partial charge in [0.15, 0.2) is 0 Å². The van der Waals surface area contributed by atoms with Crippen LogP contribution in [0.15, 0.2) is 0 Å². The van der Waals surface area contributed by atoms with E-state index in [0.717, 1.165) is 57.8 Å². The summed E-state index contributed by atoms with van der Waals surface area (Å²) in [5.41, 5.74) is 0. The average molecular weight is 316 g/mol. The van der Waals surface area contributed by atoms with Gasteiger partial charge >= 0.3 is 11.9 Å². The molecule has 0 radical (unpaired) electrons. The average Bonchev–Trinajstić information content (AvgIpc) is 2.51. The van der Waals surface area contributed by atoms with E-state index in [1.807, 2.05) is 0 Å². The Bertz CT molecular complexity index is 278. The SMILES string of the molecule is CCCCOOC(=O)CCCCCCCC(=O)OCCCC. The van der Waals surface area contributed by atoms with Crippen molar-refractivity contribution in [3.05, 3.63) is 0 Å². The molecule has 0 rings (SSSR count). The summed E-state index contributed by atoms with van der Waals surface area (Å²) in [6, 6.07) is 0. The fourth-order valence-corrected chi connectivity index (χ4v) is 1.82. The molecule has 0 fully saturated rings. The van der Waals surface area contributed by atoms with E-state index in [1.54, 1.807) is 0 Å². The van der Waals surface area contributed by atoms with Gasteiger partial charge in [0.2, 0.25) is 0 Å². The van der Waals surface area contributed by atoms with Gasteiger partial charge in [0, 0.05) is 12.8 Å². The topological polar surface area (TPSA) is 61.8 Å². The van der Waals surface area contributed by atoms with Crippen LogP contribution < -0.4 is 0 Å². The number of esters is 1. The fraction of sp³-hybridized carbons (Fsp3) is 0.882. The highest BCUT2D eigenvalue weighted by Crippen LogP contribution is 2.08. The third-order valence-electron chi connectivity index (χ3n) is 3.26. The Kier molecular flexibility index (Phi) is 15.5. The number of carbonyl (C=O) groups is 2. The molecule has 5 nitrogen and oxygen atoms in total. The summed E-state index contributed by atoms with van der Waals surface area (Å²) in [5.74, 6) is -0.392. The number of ether oxygens (including phenoxy) is 1. The van der Waals surface area contributed by atoms with Crippen LogP contribution in [-0.2, 0) is 24.1 Å². The molecule has 0 aromatic heterocycles. The van der Waals surface area contributed by atoms with Crippen molar-refractivity contribution in [3.8, 4) is 0 Å². The van der Waals surface area contributed by atoms with Gasteiger partial charge in [0.25, 0.3) is 0 Å². The van der Waals surface area contributed by atoms with Gasteiger partial charge in [-0.25, -0.2) is 4.79 Å². The Labute approximate surface area is 134 Å². The van der Waals surface area contributed by atoms with Crippen molar-refractivity contribution in [1.29, 1.82) is 0 Å². The van der Waals surface area contributed by atoms with Gasteiger partial charge in [0.05, 0.1) is 13.2 Å². The van der Waals surface area contributed by atoms with Crippen LogP contribution in [0.1, 0.15) is 84.5 Å². The highest BCUT2D eigenvalue weighted by atomic mass is 17.2. The van der Waals surface area contributed by atoms with Crippen LogP contribution in [0.4, 0.5) is 0 Å². The zero-order valence-corrected chi connectivity index (χ0v) is 14.2. The van der Waals surface area contributed by atoms with Crippen LogP contribution >= 0.6 is 0 Å². The van der Waals surface area contributed by atoms with E-state index in [0.29, 0.717) is 26.1 Å². The summed E-state index contributed by atoms with van der Waals surface area (Å²) in [6.45, 7) is 5.13. The van der Waals surface area contributed by atoms with Gasteiger partial charge in [0.1, 0.15) is 0 Å². The third-order valence-corrected chi connectivity index (χ3v) is 3.26. The predicted molar refractivity (Wildman–Crippen MR) is 85.1 cm³/mol. The van der Waals surface area contributed by atoms with E-state index in [2.05, 4.69) is 18.7 Å². The van der Waals surface area contributed by atoms with Crippen LogP contribution in [-0.4, -0.2) is 25.2 Å². The molecule has 0 aliphatic heterocycles. The zero-order chi connectivity index (χ0) is 16.5. The number of hydrogen-bond acceptors (Lipinski definition) is 5. The molecular formula is C17H32O5. The molecule has 0 amide bonds. The lowest BCUT2D eigenvalue weighted by Gasteiger charge is -2.04. The van der Waals surface area contributed by atoms with Crippen LogP contribution in [0.5, 0.6) is 0 Å². The lowest BCUT2D eigenvalue weighted by atomic mass is 10.1. The van der Waals surface area contributed by atoms with Gasteiger partial charge in [-0.15, -0.1) is 0 Å². The Hall–Kier alpha value is -1.10. The molecule has 0 bridgehead atoms. The largest absolute Gasteiger partial charge is 0.466 e. The van der Waals surface area contributed by atoms with E-state index < -0.39 is 0 Å². The molecule has 22 heavy (non-hydrogen) atoms. The van der Waals surface area contributed by atoms with Crippen molar-refractivity contribution < 1.29 is 24.1 Å². The molecule has 0 aromatic carbocycles. The normalized spacial score (nSPS) is 10.5. The van der Waals surface area contributed by atoms with Crippen LogP contribution in [0, 0.1) is 0 Å². The summed E-state index contributed by atoms with van der Waals surface area (Å²) >= 11 is 0. The minimum atomic E-state index is -0.296. The lowest BCUT2D eigenvalue weighted by molar-refractivity contribution is -0.272. The molecule has 5 heteroatoms. The first kappa shape index (κ1) is 20.9. The number of unbranched alkanes of at least 4 members (excludes halogenated alkanes) is 6. The third kappa shape index (κ3) is 15.3. The van der Waals surface area contributed by atoms with Crippen molar-refractivity contribution in [3.63, 3.8) is 0 Å². The molecule has 130 valence electrons. The molecule has 0 saturated carbocycles. The van der Waals surface area contributed by atoms with E-state index >= 15 is 0 Å². The quantitative estimate of drug-likeness (QED) is 0.195. The Morgan fingerprint density at radius 3 is 1.86 bits per heavy atom. The van der Waals surface area contributed by atoms with Crippen molar-refractivity contribution in [2.24, 2.45) is 0 Å². The van der Waals surface area contributed by atoms with E-state index in [1.165, 1.54) is 0 Å².